The van der Waals surface area contributed by atoms with Crippen molar-refractivity contribution < 1.29 is 14.0 Å². The highest BCUT2D eigenvalue weighted by Gasteiger charge is 2.56. The average Bonchev–Trinajstić information content (AvgIpc) is 3.25. The first-order valence-corrected chi connectivity index (χ1v) is 13.5. The Balaban J connectivity index is 1.26. The van der Waals surface area contributed by atoms with E-state index in [-0.39, 0.29) is 24.4 Å². The van der Waals surface area contributed by atoms with E-state index in [1.54, 1.807) is 35.6 Å². The number of aromatic nitrogens is 4. The molecule has 3 N–H and O–H groups in total. The minimum Gasteiger partial charge on any atom is -0.472 e. The monoisotopic (exact) mass is 585 g/mol. The van der Waals surface area contributed by atoms with Crippen molar-refractivity contribution in [3.8, 4) is 11.1 Å². The summed E-state index contributed by atoms with van der Waals surface area (Å²) >= 11 is 3.33. The Morgan fingerprint density at radius 2 is 2.05 bits per heavy atom. The fraction of sp³-hybridized carbons (Fsp3) is 0.250. The van der Waals surface area contributed by atoms with Crippen molar-refractivity contribution >= 4 is 61.3 Å². The summed E-state index contributed by atoms with van der Waals surface area (Å²) in [5.74, 6) is 0.784. The van der Waals surface area contributed by atoms with Gasteiger partial charge in [-0.2, -0.15) is 0 Å². The van der Waals surface area contributed by atoms with Crippen LogP contribution >= 0.6 is 15.9 Å². The lowest BCUT2D eigenvalue weighted by atomic mass is 10.0. The third-order valence-corrected chi connectivity index (χ3v) is 8.20. The molecule has 39 heavy (non-hydrogen) atoms. The van der Waals surface area contributed by atoms with Crippen LogP contribution in [0.4, 0.5) is 11.6 Å². The van der Waals surface area contributed by atoms with E-state index in [2.05, 4.69) is 42.3 Å². The Morgan fingerprint density at radius 1 is 1.18 bits per heavy atom. The number of hydrogen-bond donors (Lipinski definition) is 2. The molecule has 1 unspecified atom stereocenters. The summed E-state index contributed by atoms with van der Waals surface area (Å²) in [4.78, 5) is 42.0. The first kappa shape index (κ1) is 23.8. The van der Waals surface area contributed by atoms with Crippen LogP contribution < -0.4 is 11.1 Å². The van der Waals surface area contributed by atoms with Gasteiger partial charge in [-0.1, -0.05) is 6.07 Å². The van der Waals surface area contributed by atoms with Gasteiger partial charge in [-0.05, 0) is 83.1 Å². The van der Waals surface area contributed by atoms with Crippen LogP contribution in [0.2, 0.25) is 0 Å². The zero-order chi connectivity index (χ0) is 26.8. The zero-order valence-electron chi connectivity index (χ0n) is 21.0. The largest absolute Gasteiger partial charge is 0.472 e. The van der Waals surface area contributed by atoms with Crippen LogP contribution in [0.1, 0.15) is 18.4 Å². The number of piperidine rings is 1. The molecule has 1 aliphatic carbocycles. The van der Waals surface area contributed by atoms with E-state index >= 15 is 0 Å². The molecule has 2 aliphatic rings. The van der Waals surface area contributed by atoms with E-state index in [1.165, 1.54) is 6.33 Å². The van der Waals surface area contributed by atoms with E-state index in [0.717, 1.165) is 34.0 Å². The highest BCUT2D eigenvalue weighted by molar-refractivity contribution is 9.10. The number of amides is 2. The van der Waals surface area contributed by atoms with E-state index in [0.29, 0.717) is 39.6 Å². The highest BCUT2D eigenvalue weighted by Crippen LogP contribution is 2.48. The number of carbonyl (C=O) groups is 2. The molecule has 10 nitrogen and oxygen atoms in total. The first-order valence-electron chi connectivity index (χ1n) is 12.7. The Hall–Kier alpha value is -4.25. The summed E-state index contributed by atoms with van der Waals surface area (Å²) in [5, 5.41) is 4.45. The minimum absolute atomic E-state index is 0.0322. The third-order valence-electron chi connectivity index (χ3n) is 7.76. The second-order valence-electron chi connectivity index (χ2n) is 10.2. The number of nitrogens with one attached hydrogen (secondary N) is 1. The highest BCUT2D eigenvalue weighted by atomic mass is 79.9. The lowest BCUT2D eigenvalue weighted by Gasteiger charge is -2.27. The maximum absolute atomic E-state index is 13.9. The number of likely N-dealkylation sites (tertiary alicyclic amines) is 1. The van der Waals surface area contributed by atoms with Gasteiger partial charge < -0.3 is 24.9 Å². The van der Waals surface area contributed by atoms with E-state index in [9.17, 15) is 9.59 Å². The fourth-order valence-electron chi connectivity index (χ4n) is 5.99. The van der Waals surface area contributed by atoms with Crippen molar-refractivity contribution in [2.24, 2.45) is 5.92 Å². The molecule has 3 atom stereocenters. The normalized spacial score (nSPS) is 19.9. The SMILES string of the molecule is Cc1cc(-c2ccoc2)cc2c3c(N)ncnc3n(CC(=O)N3C(C(=O)Nc4cccc(Br)n4)C[C@H]4C[C@@H]43)c12. The molecular weight excluding hydrogens is 562 g/mol. The molecule has 2 fully saturated rings. The molecule has 196 valence electrons. The van der Waals surface area contributed by atoms with Crippen LogP contribution in [0.15, 0.2) is 64.3 Å². The number of halogens is 1. The lowest BCUT2D eigenvalue weighted by Crippen LogP contribution is -2.46. The van der Waals surface area contributed by atoms with Gasteiger partial charge in [-0.3, -0.25) is 9.59 Å². The first-order chi connectivity index (χ1) is 18.9. The number of furan rings is 1. The summed E-state index contributed by atoms with van der Waals surface area (Å²) in [5.41, 5.74) is 10.7. The molecule has 0 bridgehead atoms. The smallest absolute Gasteiger partial charge is 0.248 e. The van der Waals surface area contributed by atoms with Crippen molar-refractivity contribution in [1.82, 2.24) is 24.4 Å². The van der Waals surface area contributed by atoms with Crippen LogP contribution in [-0.2, 0) is 16.1 Å². The Morgan fingerprint density at radius 3 is 2.85 bits per heavy atom. The van der Waals surface area contributed by atoms with Crippen molar-refractivity contribution in [3.63, 3.8) is 0 Å². The lowest BCUT2D eigenvalue weighted by molar-refractivity contribution is -0.138. The van der Waals surface area contributed by atoms with Gasteiger partial charge in [0.1, 0.15) is 40.8 Å². The molecule has 0 spiro atoms. The maximum Gasteiger partial charge on any atom is 0.248 e. The second-order valence-corrected chi connectivity index (χ2v) is 11.0. The predicted molar refractivity (Wildman–Crippen MR) is 150 cm³/mol. The molecule has 5 heterocycles. The van der Waals surface area contributed by atoms with Gasteiger partial charge in [0.25, 0.3) is 0 Å². The van der Waals surface area contributed by atoms with E-state index in [4.69, 9.17) is 10.2 Å². The Bertz CT molecular complexity index is 1780. The molecular formula is C28H24BrN7O3. The van der Waals surface area contributed by atoms with Crippen molar-refractivity contribution in [3.05, 3.63) is 65.4 Å². The number of rotatable bonds is 5. The number of nitrogens with zero attached hydrogens (tertiary/aromatic N) is 5. The van der Waals surface area contributed by atoms with Gasteiger partial charge in [0.05, 0.1) is 23.4 Å². The molecule has 7 rings (SSSR count). The number of nitrogens with two attached hydrogens (primary N) is 1. The zero-order valence-corrected chi connectivity index (χ0v) is 22.6. The number of benzene rings is 1. The number of aryl methyl sites for hydroxylation is 1. The molecule has 4 aromatic heterocycles. The van der Waals surface area contributed by atoms with Crippen molar-refractivity contribution in [2.45, 2.75) is 38.4 Å². The van der Waals surface area contributed by atoms with Gasteiger partial charge in [0, 0.05) is 17.0 Å². The third kappa shape index (κ3) is 3.95. The second kappa shape index (κ2) is 8.91. The van der Waals surface area contributed by atoms with Crippen molar-refractivity contribution in [1.29, 1.82) is 0 Å². The van der Waals surface area contributed by atoms with Gasteiger partial charge in [0.15, 0.2) is 0 Å². The summed E-state index contributed by atoms with van der Waals surface area (Å²) in [6, 6.07) is 10.8. The van der Waals surface area contributed by atoms with Gasteiger partial charge >= 0.3 is 0 Å². The quantitative estimate of drug-likeness (QED) is 0.290. The molecule has 1 aliphatic heterocycles. The summed E-state index contributed by atoms with van der Waals surface area (Å²) in [6.07, 6.45) is 6.30. The van der Waals surface area contributed by atoms with Crippen LogP contribution in [0, 0.1) is 12.8 Å². The Labute approximate surface area is 231 Å². The van der Waals surface area contributed by atoms with Crippen molar-refractivity contribution in [2.75, 3.05) is 11.1 Å². The number of pyridine rings is 1. The summed E-state index contributed by atoms with van der Waals surface area (Å²) < 4.78 is 7.82. The van der Waals surface area contributed by atoms with Gasteiger partial charge in [-0.25, -0.2) is 15.0 Å². The summed E-state index contributed by atoms with van der Waals surface area (Å²) in [7, 11) is 0. The van der Waals surface area contributed by atoms with Crippen LogP contribution in [0.25, 0.3) is 33.1 Å². The van der Waals surface area contributed by atoms with E-state index < -0.39 is 6.04 Å². The predicted octanol–water partition coefficient (Wildman–Crippen LogP) is 4.52. The summed E-state index contributed by atoms with van der Waals surface area (Å²) in [6.45, 7) is 2.04. The van der Waals surface area contributed by atoms with Gasteiger partial charge in [-0.15, -0.1) is 0 Å². The fourth-order valence-corrected chi connectivity index (χ4v) is 6.33. The van der Waals surface area contributed by atoms with Crippen LogP contribution in [0.5, 0.6) is 0 Å². The molecule has 1 saturated heterocycles. The molecule has 1 saturated carbocycles. The minimum atomic E-state index is -0.552. The average molecular weight is 586 g/mol. The number of carbonyl (C=O) groups excluding carboxylic acids is 2. The van der Waals surface area contributed by atoms with Gasteiger partial charge in [0.2, 0.25) is 11.8 Å². The molecule has 2 amide bonds. The number of hydrogen-bond acceptors (Lipinski definition) is 7. The van der Waals surface area contributed by atoms with Crippen LogP contribution in [-0.4, -0.2) is 48.3 Å². The number of fused-ring (bicyclic) bond motifs is 4. The maximum atomic E-state index is 13.9. The number of anilines is 2. The molecule has 11 heteroatoms. The number of nitrogen functional groups attached to an aromatic ring is 1. The van der Waals surface area contributed by atoms with E-state index in [1.807, 2.05) is 23.6 Å². The molecule has 1 aromatic carbocycles. The molecule has 0 radical (unpaired) electrons. The Kier molecular flexibility index (Phi) is 5.44. The molecule has 5 aromatic rings. The standard InChI is InChI=1S/C28H24BrN7O3/c1-14-7-16(15-5-6-39-12-15)8-18-24-26(30)31-13-32-27(24)35(25(14)18)11-23(37)36-19-9-17(19)10-20(36)28(38)34-22-4-2-3-21(29)33-22/h2-8,12-13,17,19-20H,9-11H2,1H3,(H2,30,31,32)(H,33,34,38)/t17-,19+,20?/m1/s1. The van der Waals surface area contributed by atoms with Crippen LogP contribution in [0.3, 0.4) is 0 Å². The topological polar surface area (TPSA) is 132 Å².